The number of hydrogen-bond acceptors (Lipinski definition) is 2. The van der Waals surface area contributed by atoms with Crippen molar-refractivity contribution in [3.8, 4) is 0 Å². The van der Waals surface area contributed by atoms with E-state index in [1.165, 1.54) is 11.1 Å². The minimum atomic E-state index is -0.548. The number of nitrogens with two attached hydrogens (primary N) is 1. The lowest BCUT2D eigenvalue weighted by molar-refractivity contribution is -0.0755. The number of hydrogen-bond donors (Lipinski definition) is 2. The van der Waals surface area contributed by atoms with E-state index in [1.54, 1.807) is 0 Å². The molecular weight excluding hydrogens is 222 g/mol. The van der Waals surface area contributed by atoms with Gasteiger partial charge >= 0.3 is 0 Å². The first kappa shape index (κ1) is 12.2. The molecule has 0 saturated heterocycles. The van der Waals surface area contributed by atoms with Gasteiger partial charge in [-0.3, -0.25) is 0 Å². The van der Waals surface area contributed by atoms with E-state index in [1.807, 2.05) is 0 Å². The highest BCUT2D eigenvalue weighted by Gasteiger charge is 2.52. The molecule has 3 unspecified atom stereocenters. The molecule has 2 aliphatic carbocycles. The summed E-state index contributed by atoms with van der Waals surface area (Å²) in [5.41, 5.74) is 8.16. The largest absolute Gasteiger partial charge is 0.389 e. The topological polar surface area (TPSA) is 46.2 Å². The predicted octanol–water partition coefficient (Wildman–Crippen LogP) is 2.14. The molecule has 2 bridgehead atoms. The second kappa shape index (κ2) is 4.36. The third kappa shape index (κ3) is 1.63. The van der Waals surface area contributed by atoms with Crippen molar-refractivity contribution < 1.29 is 5.11 Å². The lowest BCUT2D eigenvalue weighted by atomic mass is 9.73. The molecule has 1 fully saturated rings. The molecule has 98 valence electrons. The van der Waals surface area contributed by atoms with E-state index in [0.29, 0.717) is 18.4 Å². The van der Waals surface area contributed by atoms with Crippen LogP contribution in [0.4, 0.5) is 0 Å². The Hall–Kier alpha value is -0.860. The number of fused-ring (bicyclic) bond motifs is 3. The average molecular weight is 245 g/mol. The molecule has 2 nitrogen and oxygen atoms in total. The van der Waals surface area contributed by atoms with Crippen molar-refractivity contribution in [1.29, 1.82) is 0 Å². The van der Waals surface area contributed by atoms with Crippen LogP contribution >= 0.6 is 0 Å². The van der Waals surface area contributed by atoms with E-state index in [2.05, 4.69) is 31.2 Å². The van der Waals surface area contributed by atoms with Crippen molar-refractivity contribution >= 4 is 0 Å². The fraction of sp³-hybridized carbons (Fsp3) is 0.625. The van der Waals surface area contributed by atoms with Crippen molar-refractivity contribution in [1.82, 2.24) is 0 Å². The summed E-state index contributed by atoms with van der Waals surface area (Å²) in [6.07, 6.45) is 4.35. The second-order valence-electron chi connectivity index (χ2n) is 6.17. The first-order chi connectivity index (χ1) is 8.66. The summed E-state index contributed by atoms with van der Waals surface area (Å²) in [6, 6.07) is 8.68. The third-order valence-corrected chi connectivity index (χ3v) is 5.37. The highest BCUT2D eigenvalue weighted by molar-refractivity contribution is 5.32. The Morgan fingerprint density at radius 1 is 1.22 bits per heavy atom. The van der Waals surface area contributed by atoms with Gasteiger partial charge in [-0.25, -0.2) is 0 Å². The number of rotatable bonds is 2. The van der Waals surface area contributed by atoms with Gasteiger partial charge in [0, 0.05) is 0 Å². The van der Waals surface area contributed by atoms with E-state index in [9.17, 15) is 5.11 Å². The van der Waals surface area contributed by atoms with Crippen LogP contribution in [0.25, 0.3) is 0 Å². The average Bonchev–Trinajstić information content (AvgIpc) is 2.61. The lowest BCUT2D eigenvalue weighted by Crippen LogP contribution is -2.48. The van der Waals surface area contributed by atoms with Gasteiger partial charge in [-0.05, 0) is 61.1 Å². The summed E-state index contributed by atoms with van der Waals surface area (Å²) < 4.78 is 0. The Labute approximate surface area is 109 Å². The Kier molecular flexibility index (Phi) is 2.95. The summed E-state index contributed by atoms with van der Waals surface area (Å²) >= 11 is 0. The minimum Gasteiger partial charge on any atom is -0.389 e. The normalized spacial score (nSPS) is 35.9. The molecule has 1 saturated carbocycles. The lowest BCUT2D eigenvalue weighted by Gasteiger charge is -2.39. The Bertz CT molecular complexity index is 409. The van der Waals surface area contributed by atoms with E-state index in [-0.39, 0.29) is 5.92 Å². The van der Waals surface area contributed by atoms with E-state index < -0.39 is 5.60 Å². The van der Waals surface area contributed by atoms with Crippen LogP contribution in [-0.4, -0.2) is 17.3 Å². The second-order valence-corrected chi connectivity index (χ2v) is 6.17. The van der Waals surface area contributed by atoms with Gasteiger partial charge in [0.25, 0.3) is 0 Å². The van der Waals surface area contributed by atoms with Crippen LogP contribution in [-0.2, 0) is 12.8 Å². The van der Waals surface area contributed by atoms with E-state index in [4.69, 9.17) is 5.73 Å². The maximum atomic E-state index is 11.2. The van der Waals surface area contributed by atoms with Crippen molar-refractivity contribution in [3.63, 3.8) is 0 Å². The molecular formula is C16H23NO. The van der Waals surface area contributed by atoms with Crippen LogP contribution in [0.5, 0.6) is 0 Å². The molecule has 3 N–H and O–H groups in total. The maximum absolute atomic E-state index is 11.2. The Balaban J connectivity index is 2.00. The van der Waals surface area contributed by atoms with Crippen LogP contribution in [0.3, 0.4) is 0 Å². The zero-order valence-electron chi connectivity index (χ0n) is 11.1. The van der Waals surface area contributed by atoms with Crippen LogP contribution in [0.2, 0.25) is 0 Å². The fourth-order valence-corrected chi connectivity index (χ4v) is 4.21. The summed E-state index contributed by atoms with van der Waals surface area (Å²) in [5, 5.41) is 11.2. The van der Waals surface area contributed by atoms with Gasteiger partial charge < -0.3 is 10.8 Å². The summed E-state index contributed by atoms with van der Waals surface area (Å²) in [5.74, 6) is 0.985. The van der Waals surface area contributed by atoms with Crippen molar-refractivity contribution in [2.75, 3.05) is 6.54 Å². The molecule has 0 aromatic heterocycles. The molecule has 0 heterocycles. The molecule has 2 aliphatic rings. The Morgan fingerprint density at radius 3 is 2.17 bits per heavy atom. The Morgan fingerprint density at radius 2 is 1.72 bits per heavy atom. The maximum Gasteiger partial charge on any atom is 0.0747 e. The van der Waals surface area contributed by atoms with Crippen LogP contribution in [0.1, 0.15) is 30.9 Å². The highest BCUT2D eigenvalue weighted by atomic mass is 16.3. The third-order valence-electron chi connectivity index (χ3n) is 5.37. The van der Waals surface area contributed by atoms with Crippen molar-refractivity contribution in [2.24, 2.45) is 23.5 Å². The quantitative estimate of drug-likeness (QED) is 0.838. The van der Waals surface area contributed by atoms with Crippen molar-refractivity contribution in [3.05, 3.63) is 35.4 Å². The fourth-order valence-electron chi connectivity index (χ4n) is 4.21. The minimum absolute atomic E-state index is 0.198. The van der Waals surface area contributed by atoms with E-state index >= 15 is 0 Å². The van der Waals surface area contributed by atoms with Crippen molar-refractivity contribution in [2.45, 2.75) is 38.2 Å². The van der Waals surface area contributed by atoms with Gasteiger partial charge in [0.05, 0.1) is 5.60 Å². The highest BCUT2D eigenvalue weighted by Crippen LogP contribution is 2.50. The van der Waals surface area contributed by atoms with Crippen LogP contribution in [0.15, 0.2) is 24.3 Å². The smallest absolute Gasteiger partial charge is 0.0747 e. The van der Waals surface area contributed by atoms with E-state index in [0.717, 1.165) is 25.7 Å². The molecule has 3 rings (SSSR count). The molecule has 1 aromatic carbocycles. The van der Waals surface area contributed by atoms with Gasteiger partial charge in [0.15, 0.2) is 0 Å². The predicted molar refractivity (Wildman–Crippen MR) is 73.2 cm³/mol. The molecule has 1 aromatic rings. The first-order valence-corrected chi connectivity index (χ1v) is 7.15. The molecule has 2 heteroatoms. The SMILES string of the molecule is CC(CN)C1(O)C2CCC1Cc1ccccc1C2. The number of aliphatic hydroxyl groups is 1. The number of benzene rings is 1. The van der Waals surface area contributed by atoms with Crippen LogP contribution in [0, 0.1) is 17.8 Å². The summed E-state index contributed by atoms with van der Waals surface area (Å²) in [7, 11) is 0. The summed E-state index contributed by atoms with van der Waals surface area (Å²) in [4.78, 5) is 0. The van der Waals surface area contributed by atoms with Gasteiger partial charge in [0.2, 0.25) is 0 Å². The molecule has 0 amide bonds. The van der Waals surface area contributed by atoms with Gasteiger partial charge in [0.1, 0.15) is 0 Å². The molecule has 3 atom stereocenters. The standard InChI is InChI=1S/C16H23NO/c1-11(10-17)16(18)14-6-7-15(16)9-13-5-3-2-4-12(13)8-14/h2-5,11,14-15,18H,6-10,17H2,1H3. The zero-order valence-corrected chi connectivity index (χ0v) is 11.1. The van der Waals surface area contributed by atoms with Gasteiger partial charge in [-0.1, -0.05) is 31.2 Å². The molecule has 0 radical (unpaired) electrons. The van der Waals surface area contributed by atoms with Crippen LogP contribution < -0.4 is 5.73 Å². The summed E-state index contributed by atoms with van der Waals surface area (Å²) in [6.45, 7) is 2.70. The zero-order chi connectivity index (χ0) is 12.8. The monoisotopic (exact) mass is 245 g/mol. The van der Waals surface area contributed by atoms with Gasteiger partial charge in [-0.15, -0.1) is 0 Å². The molecule has 0 aliphatic heterocycles. The molecule has 18 heavy (non-hydrogen) atoms. The first-order valence-electron chi connectivity index (χ1n) is 7.15. The molecule has 0 spiro atoms. The van der Waals surface area contributed by atoms with Gasteiger partial charge in [-0.2, -0.15) is 0 Å².